The first-order chi connectivity index (χ1) is 13.2. The van der Waals surface area contributed by atoms with E-state index in [2.05, 4.69) is 6.07 Å². The Morgan fingerprint density at radius 3 is 2.52 bits per heavy atom. The Hall–Kier alpha value is -2.01. The van der Waals surface area contributed by atoms with Crippen LogP contribution in [0.5, 0.6) is 5.75 Å². The molecule has 2 aliphatic rings. The molecule has 1 aliphatic heterocycles. The fourth-order valence-corrected chi connectivity index (χ4v) is 4.84. The van der Waals surface area contributed by atoms with Crippen LogP contribution >= 0.6 is 11.8 Å². The van der Waals surface area contributed by atoms with Crippen molar-refractivity contribution in [1.29, 1.82) is 0 Å². The first kappa shape index (κ1) is 18.4. The summed E-state index contributed by atoms with van der Waals surface area (Å²) in [5, 5.41) is 1.94. The lowest BCUT2D eigenvalue weighted by molar-refractivity contribution is -0.124. The lowest BCUT2D eigenvalue weighted by Gasteiger charge is -2.22. The van der Waals surface area contributed by atoms with Gasteiger partial charge >= 0.3 is 0 Å². The molecule has 0 atom stereocenters. The van der Waals surface area contributed by atoms with Gasteiger partial charge in [0.2, 0.25) is 5.91 Å². The van der Waals surface area contributed by atoms with Crippen LogP contribution in [-0.2, 0) is 11.3 Å². The standard InChI is InChI=1S/C22H25NO3S/c24-21-15-27-22(25)23(21)14-17-10-11-20(19-9-5-4-8-18(17)19)26-13-12-16-6-2-1-3-7-16/h4-5,8-11,16H,1-3,6-7,12-15H2. The van der Waals surface area contributed by atoms with E-state index in [9.17, 15) is 9.59 Å². The van der Waals surface area contributed by atoms with Crippen LogP contribution in [0.15, 0.2) is 36.4 Å². The molecule has 1 aliphatic carbocycles. The fraction of sp³-hybridized carbons (Fsp3) is 0.455. The third kappa shape index (κ3) is 4.13. The van der Waals surface area contributed by atoms with E-state index in [0.29, 0.717) is 6.54 Å². The van der Waals surface area contributed by atoms with E-state index in [1.807, 2.05) is 30.3 Å². The molecular weight excluding hydrogens is 358 g/mol. The monoisotopic (exact) mass is 383 g/mol. The summed E-state index contributed by atoms with van der Waals surface area (Å²) >= 11 is 1.08. The van der Waals surface area contributed by atoms with Gasteiger partial charge < -0.3 is 4.74 Å². The molecule has 0 bridgehead atoms. The smallest absolute Gasteiger partial charge is 0.289 e. The van der Waals surface area contributed by atoms with E-state index in [1.165, 1.54) is 37.0 Å². The first-order valence-electron chi connectivity index (χ1n) is 9.83. The van der Waals surface area contributed by atoms with Crippen LogP contribution in [-0.4, -0.2) is 28.4 Å². The maximum atomic E-state index is 11.9. The largest absolute Gasteiger partial charge is 0.493 e. The maximum absolute atomic E-state index is 11.9. The Bertz CT molecular complexity index is 829. The van der Waals surface area contributed by atoms with Gasteiger partial charge in [0.1, 0.15) is 5.75 Å². The highest BCUT2D eigenvalue weighted by atomic mass is 32.2. The van der Waals surface area contributed by atoms with E-state index >= 15 is 0 Å². The lowest BCUT2D eigenvalue weighted by atomic mass is 9.87. The second-order valence-corrected chi connectivity index (χ2v) is 8.37. The van der Waals surface area contributed by atoms with Crippen LogP contribution in [0.1, 0.15) is 44.1 Å². The molecule has 5 heteroatoms. The molecule has 2 aromatic carbocycles. The highest BCUT2D eigenvalue weighted by molar-refractivity contribution is 8.14. The minimum atomic E-state index is -0.156. The SMILES string of the molecule is O=C1CSC(=O)N1Cc1ccc(OCCC2CCCCC2)c2ccccc12. The van der Waals surface area contributed by atoms with Crippen molar-refractivity contribution >= 4 is 33.7 Å². The minimum Gasteiger partial charge on any atom is -0.493 e. The third-order valence-electron chi connectivity index (χ3n) is 5.65. The number of rotatable bonds is 6. The van der Waals surface area contributed by atoms with Crippen molar-refractivity contribution in [3.8, 4) is 5.75 Å². The number of ether oxygens (including phenoxy) is 1. The fourth-order valence-electron chi connectivity index (χ4n) is 4.11. The number of hydrogen-bond acceptors (Lipinski definition) is 4. The van der Waals surface area contributed by atoms with Crippen LogP contribution in [0.4, 0.5) is 4.79 Å². The molecule has 0 spiro atoms. The molecule has 1 saturated heterocycles. The molecule has 0 unspecified atom stereocenters. The zero-order valence-electron chi connectivity index (χ0n) is 15.5. The van der Waals surface area contributed by atoms with Gasteiger partial charge in [-0.1, -0.05) is 74.2 Å². The molecule has 0 N–H and O–H groups in total. The van der Waals surface area contributed by atoms with Crippen LogP contribution in [0.2, 0.25) is 0 Å². The van der Waals surface area contributed by atoms with E-state index in [0.717, 1.165) is 52.8 Å². The molecule has 142 valence electrons. The van der Waals surface area contributed by atoms with Crippen LogP contribution in [0.25, 0.3) is 10.8 Å². The van der Waals surface area contributed by atoms with Gasteiger partial charge in [0.15, 0.2) is 0 Å². The van der Waals surface area contributed by atoms with Gasteiger partial charge in [0.25, 0.3) is 5.24 Å². The highest BCUT2D eigenvalue weighted by Crippen LogP contribution is 2.32. The summed E-state index contributed by atoms with van der Waals surface area (Å²) in [7, 11) is 0. The summed E-state index contributed by atoms with van der Waals surface area (Å²) in [6, 6.07) is 12.1. The zero-order chi connectivity index (χ0) is 18.6. The van der Waals surface area contributed by atoms with Gasteiger partial charge in [0, 0.05) is 5.39 Å². The molecule has 2 fully saturated rings. The van der Waals surface area contributed by atoms with Gasteiger partial charge in [-0.3, -0.25) is 14.5 Å². The Morgan fingerprint density at radius 1 is 1.00 bits per heavy atom. The summed E-state index contributed by atoms with van der Waals surface area (Å²) < 4.78 is 6.14. The number of benzene rings is 2. The second kappa shape index (κ2) is 8.34. The molecular formula is C22H25NO3S. The predicted octanol–water partition coefficient (Wildman–Crippen LogP) is 5.38. The lowest BCUT2D eigenvalue weighted by Crippen LogP contribution is -2.28. The maximum Gasteiger partial charge on any atom is 0.289 e. The van der Waals surface area contributed by atoms with Gasteiger partial charge in [0.05, 0.1) is 18.9 Å². The van der Waals surface area contributed by atoms with Crippen LogP contribution in [0, 0.1) is 5.92 Å². The van der Waals surface area contributed by atoms with Crippen molar-refractivity contribution < 1.29 is 14.3 Å². The second-order valence-electron chi connectivity index (χ2n) is 7.44. The summed E-state index contributed by atoms with van der Waals surface area (Å²) in [6.45, 7) is 1.07. The Morgan fingerprint density at radius 2 is 1.78 bits per heavy atom. The predicted molar refractivity (Wildman–Crippen MR) is 109 cm³/mol. The van der Waals surface area contributed by atoms with Gasteiger partial charge in [-0.2, -0.15) is 0 Å². The van der Waals surface area contributed by atoms with Gasteiger partial charge in [-0.15, -0.1) is 0 Å². The van der Waals surface area contributed by atoms with Crippen LogP contribution < -0.4 is 4.74 Å². The van der Waals surface area contributed by atoms with Gasteiger partial charge in [-0.25, -0.2) is 0 Å². The Kier molecular flexibility index (Phi) is 5.67. The number of carbonyl (C=O) groups excluding carboxylic acids is 2. The summed E-state index contributed by atoms with van der Waals surface area (Å²) in [5.74, 6) is 1.83. The molecule has 1 saturated carbocycles. The van der Waals surface area contributed by atoms with Crippen molar-refractivity contribution in [2.24, 2.45) is 5.92 Å². The first-order valence-corrected chi connectivity index (χ1v) is 10.8. The summed E-state index contributed by atoms with van der Waals surface area (Å²) in [6.07, 6.45) is 7.87. The van der Waals surface area contributed by atoms with E-state index in [-0.39, 0.29) is 16.9 Å². The van der Waals surface area contributed by atoms with Crippen molar-refractivity contribution in [3.63, 3.8) is 0 Å². The molecule has 27 heavy (non-hydrogen) atoms. The molecule has 2 aromatic rings. The Labute approximate surface area is 164 Å². The number of nitrogens with zero attached hydrogens (tertiary/aromatic N) is 1. The van der Waals surface area contributed by atoms with E-state index in [4.69, 9.17) is 4.74 Å². The number of amides is 2. The topological polar surface area (TPSA) is 46.6 Å². The van der Waals surface area contributed by atoms with Crippen LogP contribution in [0.3, 0.4) is 0 Å². The quantitative estimate of drug-likeness (QED) is 0.671. The molecule has 4 nitrogen and oxygen atoms in total. The summed E-state index contributed by atoms with van der Waals surface area (Å²) in [5.41, 5.74) is 0.981. The molecule has 0 radical (unpaired) electrons. The van der Waals surface area contributed by atoms with Crippen molar-refractivity contribution in [2.75, 3.05) is 12.4 Å². The molecule has 1 heterocycles. The minimum absolute atomic E-state index is 0.109. The normalized spacial score (nSPS) is 18.4. The Balaban J connectivity index is 1.49. The number of fused-ring (bicyclic) bond motifs is 1. The molecule has 4 rings (SSSR count). The zero-order valence-corrected chi connectivity index (χ0v) is 16.3. The molecule has 0 aromatic heterocycles. The number of imide groups is 1. The van der Waals surface area contributed by atoms with E-state index in [1.54, 1.807) is 0 Å². The number of hydrogen-bond donors (Lipinski definition) is 0. The van der Waals surface area contributed by atoms with E-state index < -0.39 is 0 Å². The number of carbonyl (C=O) groups is 2. The highest BCUT2D eigenvalue weighted by Gasteiger charge is 2.30. The van der Waals surface area contributed by atoms with Crippen molar-refractivity contribution in [1.82, 2.24) is 4.90 Å². The van der Waals surface area contributed by atoms with Crippen molar-refractivity contribution in [2.45, 2.75) is 45.1 Å². The van der Waals surface area contributed by atoms with Gasteiger partial charge in [-0.05, 0) is 29.4 Å². The average molecular weight is 384 g/mol. The average Bonchev–Trinajstić information content (AvgIpc) is 3.02. The molecule has 2 amide bonds. The third-order valence-corrected chi connectivity index (χ3v) is 6.51. The van der Waals surface area contributed by atoms with Crippen molar-refractivity contribution in [3.05, 3.63) is 42.0 Å². The number of thioether (sulfide) groups is 1. The summed E-state index contributed by atoms with van der Waals surface area (Å²) in [4.78, 5) is 25.2.